The van der Waals surface area contributed by atoms with Crippen molar-refractivity contribution in [1.29, 1.82) is 0 Å². The summed E-state index contributed by atoms with van der Waals surface area (Å²) < 4.78 is 35.8. The molecule has 1 aromatic rings. The first kappa shape index (κ1) is 20.0. The average Bonchev–Trinajstić information content (AvgIpc) is 2.48. The monoisotopic (exact) mass is 385 g/mol. The van der Waals surface area contributed by atoms with Crippen molar-refractivity contribution in [2.45, 2.75) is 17.9 Å². The molecule has 1 rings (SSSR count). The maximum atomic E-state index is 12.4. The van der Waals surface area contributed by atoms with E-state index in [4.69, 9.17) is 37.8 Å². The smallest absolute Gasteiger partial charge is 0.321 e. The molecule has 0 aliphatic rings. The van der Waals surface area contributed by atoms with Crippen molar-refractivity contribution < 1.29 is 27.8 Å². The molecule has 23 heavy (non-hydrogen) atoms. The molecule has 0 saturated heterocycles. The summed E-state index contributed by atoms with van der Waals surface area (Å²) >= 11 is 12.0. The van der Waals surface area contributed by atoms with Crippen molar-refractivity contribution >= 4 is 39.2 Å². The van der Waals surface area contributed by atoms with E-state index in [1.54, 1.807) is 0 Å². The van der Waals surface area contributed by atoms with E-state index in [9.17, 15) is 13.2 Å². The lowest BCUT2D eigenvalue weighted by Gasteiger charge is -2.21. The lowest BCUT2D eigenvalue weighted by Crippen LogP contribution is -2.40. The summed E-state index contributed by atoms with van der Waals surface area (Å²) in [5.41, 5.74) is 0. The highest BCUT2D eigenvalue weighted by Gasteiger charge is 2.30. The number of likely N-dealkylation sites (N-methyl/N-ethyl adjacent to an activating group) is 1. The first-order valence-electron chi connectivity index (χ1n) is 6.44. The predicted octanol–water partition coefficient (Wildman–Crippen LogP) is 2.11. The number of hydrogen-bond acceptors (Lipinski definition) is 5. The van der Waals surface area contributed by atoms with Gasteiger partial charge in [-0.05, 0) is 19.1 Å². The molecule has 1 aromatic carbocycles. The van der Waals surface area contributed by atoms with Crippen LogP contribution < -0.4 is 4.74 Å². The van der Waals surface area contributed by atoms with Crippen LogP contribution in [0.1, 0.15) is 6.92 Å². The highest BCUT2D eigenvalue weighted by molar-refractivity contribution is 7.89. The third-order valence-electron chi connectivity index (χ3n) is 3.09. The molecule has 0 bridgehead atoms. The van der Waals surface area contributed by atoms with E-state index in [-0.39, 0.29) is 27.3 Å². The Bertz CT molecular complexity index is 656. The molecule has 0 aliphatic heterocycles. The van der Waals surface area contributed by atoms with Crippen molar-refractivity contribution in [3.63, 3.8) is 0 Å². The zero-order valence-corrected chi connectivity index (χ0v) is 15.1. The second kappa shape index (κ2) is 8.16. The first-order valence-corrected chi connectivity index (χ1v) is 8.64. The highest BCUT2D eigenvalue weighted by atomic mass is 35.5. The Morgan fingerprint density at radius 2 is 1.83 bits per heavy atom. The molecule has 0 amide bonds. The molecular formula is C13H17Cl2NO6S. The van der Waals surface area contributed by atoms with E-state index < -0.39 is 22.0 Å². The topological polar surface area (TPSA) is 93.1 Å². The van der Waals surface area contributed by atoms with Crippen LogP contribution in [0.15, 0.2) is 17.0 Å². The van der Waals surface area contributed by atoms with Crippen LogP contribution in [0.4, 0.5) is 0 Å². The van der Waals surface area contributed by atoms with Crippen molar-refractivity contribution in [2.24, 2.45) is 0 Å². The Morgan fingerprint density at radius 1 is 1.30 bits per heavy atom. The number of hydrogen-bond donors (Lipinski definition) is 1. The molecule has 1 N–H and O–H groups in total. The maximum Gasteiger partial charge on any atom is 0.321 e. The van der Waals surface area contributed by atoms with E-state index >= 15 is 0 Å². The van der Waals surface area contributed by atoms with Gasteiger partial charge in [0.1, 0.15) is 12.6 Å². The van der Waals surface area contributed by atoms with E-state index in [0.717, 1.165) is 16.4 Å². The van der Waals surface area contributed by atoms with Crippen molar-refractivity contribution in [3.8, 4) is 5.75 Å². The number of halogens is 2. The lowest BCUT2D eigenvalue weighted by atomic mass is 10.3. The third kappa shape index (κ3) is 4.71. The second-order valence-electron chi connectivity index (χ2n) is 4.59. The fourth-order valence-corrected chi connectivity index (χ4v) is 3.68. The lowest BCUT2D eigenvalue weighted by molar-refractivity contribution is -0.140. The van der Waals surface area contributed by atoms with Crippen molar-refractivity contribution in [3.05, 3.63) is 22.2 Å². The summed E-state index contributed by atoms with van der Waals surface area (Å²) in [6.45, 7) is 1.76. The number of benzene rings is 1. The van der Waals surface area contributed by atoms with Crippen molar-refractivity contribution in [1.82, 2.24) is 4.31 Å². The Labute approximate surface area is 144 Å². The largest absolute Gasteiger partial charge is 0.488 e. The Hall–Kier alpha value is -1.06. The van der Waals surface area contributed by atoms with Crippen LogP contribution in [0.25, 0.3) is 0 Å². The van der Waals surface area contributed by atoms with Gasteiger partial charge in [0.2, 0.25) is 10.0 Å². The van der Waals surface area contributed by atoms with Gasteiger partial charge >= 0.3 is 5.97 Å². The standard InChI is InChI=1S/C13H17Cl2NO6S/c1-8(13(17)18)16(2)23(19,20)9-6-10(14)12(11(15)7-9)22-5-4-21-3/h6-8H,4-5H2,1-3H3,(H,17,18). The summed E-state index contributed by atoms with van der Waals surface area (Å²) in [5, 5.41) is 8.95. The van der Waals surface area contributed by atoms with Gasteiger partial charge in [0.25, 0.3) is 0 Å². The summed E-state index contributed by atoms with van der Waals surface area (Å²) in [6.07, 6.45) is 0. The number of rotatable bonds is 8. The molecule has 130 valence electrons. The molecule has 0 spiro atoms. The maximum absolute atomic E-state index is 12.4. The van der Waals surface area contributed by atoms with Gasteiger partial charge in [0, 0.05) is 14.2 Å². The SMILES string of the molecule is COCCOc1c(Cl)cc(S(=O)(=O)N(C)C(C)C(=O)O)cc1Cl. The number of carboxylic acid groups (broad SMARTS) is 1. The van der Waals surface area contributed by atoms with Crippen LogP contribution in [0.5, 0.6) is 5.75 Å². The van der Waals surface area contributed by atoms with Crippen LogP contribution in [-0.2, 0) is 19.6 Å². The van der Waals surface area contributed by atoms with Gasteiger partial charge in [0.15, 0.2) is 5.75 Å². The van der Waals surface area contributed by atoms with Gasteiger partial charge in [-0.1, -0.05) is 23.2 Å². The number of ether oxygens (including phenoxy) is 2. The molecule has 1 unspecified atom stereocenters. The summed E-state index contributed by atoms with van der Waals surface area (Å²) in [7, 11) is -1.40. The van der Waals surface area contributed by atoms with E-state index in [1.807, 2.05) is 0 Å². The van der Waals surface area contributed by atoms with Gasteiger partial charge in [-0.15, -0.1) is 0 Å². The van der Waals surface area contributed by atoms with Gasteiger partial charge in [0.05, 0.1) is 21.5 Å². The van der Waals surface area contributed by atoms with Crippen LogP contribution in [0.3, 0.4) is 0 Å². The Morgan fingerprint density at radius 3 is 2.26 bits per heavy atom. The Kier molecular flexibility index (Phi) is 7.09. The number of carbonyl (C=O) groups is 1. The van der Waals surface area contributed by atoms with Crippen LogP contribution in [0.2, 0.25) is 10.0 Å². The quantitative estimate of drug-likeness (QED) is 0.688. The summed E-state index contributed by atoms with van der Waals surface area (Å²) in [5.74, 6) is -1.13. The summed E-state index contributed by atoms with van der Waals surface area (Å²) in [4.78, 5) is 10.7. The molecule has 0 saturated carbocycles. The van der Waals surface area contributed by atoms with Crippen molar-refractivity contribution in [2.75, 3.05) is 27.4 Å². The molecule has 1 atom stereocenters. The zero-order chi connectivity index (χ0) is 17.8. The first-order chi connectivity index (χ1) is 10.6. The molecule has 10 heteroatoms. The second-order valence-corrected chi connectivity index (χ2v) is 7.40. The number of aliphatic carboxylic acids is 1. The fraction of sp³-hybridized carbons (Fsp3) is 0.462. The minimum Gasteiger partial charge on any atom is -0.488 e. The zero-order valence-electron chi connectivity index (χ0n) is 12.7. The molecule has 0 radical (unpaired) electrons. The predicted molar refractivity (Wildman–Crippen MR) is 85.9 cm³/mol. The minimum atomic E-state index is -4.07. The number of sulfonamides is 1. The van der Waals surface area contributed by atoms with Crippen LogP contribution >= 0.6 is 23.2 Å². The highest BCUT2D eigenvalue weighted by Crippen LogP contribution is 2.36. The molecule has 0 fully saturated rings. The van der Waals surface area contributed by atoms with Crippen LogP contribution in [-0.4, -0.2) is 57.2 Å². The van der Waals surface area contributed by atoms with Gasteiger partial charge in [-0.25, -0.2) is 8.42 Å². The van der Waals surface area contributed by atoms with Crippen LogP contribution in [0, 0.1) is 0 Å². The third-order valence-corrected chi connectivity index (χ3v) is 5.55. The molecule has 0 aliphatic carbocycles. The average molecular weight is 386 g/mol. The van der Waals surface area contributed by atoms with E-state index in [0.29, 0.717) is 6.61 Å². The van der Waals surface area contributed by atoms with Gasteiger partial charge in [-0.2, -0.15) is 4.31 Å². The number of methoxy groups -OCH3 is 1. The number of nitrogens with zero attached hydrogens (tertiary/aromatic N) is 1. The normalized spacial score (nSPS) is 13.1. The van der Waals surface area contributed by atoms with E-state index in [2.05, 4.69) is 0 Å². The summed E-state index contributed by atoms with van der Waals surface area (Å²) in [6, 6.07) is 1.08. The molecule has 7 nitrogen and oxygen atoms in total. The Balaban J connectivity index is 3.17. The van der Waals surface area contributed by atoms with Gasteiger partial charge < -0.3 is 14.6 Å². The van der Waals surface area contributed by atoms with Gasteiger partial charge in [-0.3, -0.25) is 4.79 Å². The fourth-order valence-electron chi connectivity index (χ4n) is 1.58. The minimum absolute atomic E-state index is 0.00329. The molecule has 0 heterocycles. The molecule has 0 aromatic heterocycles. The number of carboxylic acids is 1. The molecular weight excluding hydrogens is 369 g/mol. The van der Waals surface area contributed by atoms with E-state index in [1.165, 1.54) is 21.1 Å².